The molecule has 2 atom stereocenters. The van der Waals surface area contributed by atoms with Gasteiger partial charge in [-0.3, -0.25) is 4.79 Å². The van der Waals surface area contributed by atoms with Gasteiger partial charge in [-0.15, -0.1) is 0 Å². The summed E-state index contributed by atoms with van der Waals surface area (Å²) in [6.45, 7) is 0.254. The number of amides is 1. The lowest BCUT2D eigenvalue weighted by Crippen LogP contribution is -2.61. The quantitative estimate of drug-likeness (QED) is 0.689. The van der Waals surface area contributed by atoms with Gasteiger partial charge in [-0.25, -0.2) is 0 Å². The van der Waals surface area contributed by atoms with Crippen molar-refractivity contribution in [2.45, 2.75) is 12.1 Å². The van der Waals surface area contributed by atoms with Gasteiger partial charge in [-0.1, -0.05) is 6.07 Å². The molecule has 0 bridgehead atoms. The van der Waals surface area contributed by atoms with Gasteiger partial charge in [0.15, 0.2) is 11.5 Å². The molecule has 2 aliphatic heterocycles. The Labute approximate surface area is 92.7 Å². The maximum absolute atomic E-state index is 11.3. The highest BCUT2D eigenvalue weighted by atomic mass is 16.7. The second-order valence-corrected chi connectivity index (χ2v) is 4.03. The van der Waals surface area contributed by atoms with E-state index in [1.54, 1.807) is 11.9 Å². The summed E-state index contributed by atoms with van der Waals surface area (Å²) >= 11 is 0. The number of benzene rings is 1. The highest BCUT2D eigenvalue weighted by Crippen LogP contribution is 2.38. The van der Waals surface area contributed by atoms with Crippen molar-refractivity contribution >= 4 is 5.91 Å². The first-order chi connectivity index (χ1) is 7.68. The van der Waals surface area contributed by atoms with Crippen LogP contribution in [0.4, 0.5) is 0 Å². The van der Waals surface area contributed by atoms with Crippen LogP contribution in [0.2, 0.25) is 0 Å². The number of β-lactam (4-membered cyclic amide) rings is 1. The van der Waals surface area contributed by atoms with Gasteiger partial charge < -0.3 is 20.1 Å². The van der Waals surface area contributed by atoms with E-state index in [0.717, 1.165) is 17.1 Å². The van der Waals surface area contributed by atoms with Crippen molar-refractivity contribution in [1.29, 1.82) is 0 Å². The molecule has 1 aromatic carbocycles. The van der Waals surface area contributed by atoms with E-state index in [1.165, 1.54) is 0 Å². The minimum Gasteiger partial charge on any atom is -0.454 e. The molecule has 3 rings (SSSR count). The number of hydrogen-bond donors (Lipinski definition) is 1. The van der Waals surface area contributed by atoms with Gasteiger partial charge >= 0.3 is 0 Å². The van der Waals surface area contributed by atoms with Crippen LogP contribution >= 0.6 is 0 Å². The molecule has 1 saturated heterocycles. The smallest absolute Gasteiger partial charge is 0.242 e. The van der Waals surface area contributed by atoms with E-state index in [2.05, 4.69) is 0 Å². The van der Waals surface area contributed by atoms with Gasteiger partial charge in [-0.05, 0) is 17.7 Å². The average molecular weight is 220 g/mol. The monoisotopic (exact) mass is 220 g/mol. The predicted molar refractivity (Wildman–Crippen MR) is 56.1 cm³/mol. The van der Waals surface area contributed by atoms with Gasteiger partial charge in [0, 0.05) is 7.05 Å². The standard InChI is InChI=1S/C11H12N2O3/c1-13-10(9(12)11(13)14)6-2-3-7-8(4-6)16-5-15-7/h2-4,9-10H,5,12H2,1H3/t9-,10-/m1/s1. The van der Waals surface area contributed by atoms with Crippen LogP contribution in [0, 0.1) is 0 Å². The molecular formula is C11H12N2O3. The van der Waals surface area contributed by atoms with Gasteiger partial charge in [0.05, 0.1) is 6.04 Å². The fourth-order valence-electron chi connectivity index (χ4n) is 2.19. The lowest BCUT2D eigenvalue weighted by Gasteiger charge is -2.43. The number of nitrogens with two attached hydrogens (primary N) is 1. The number of rotatable bonds is 1. The maximum atomic E-state index is 11.3. The van der Waals surface area contributed by atoms with Crippen molar-refractivity contribution in [3.8, 4) is 11.5 Å². The Balaban J connectivity index is 1.93. The van der Waals surface area contributed by atoms with E-state index in [0.29, 0.717) is 0 Å². The Morgan fingerprint density at radius 3 is 2.88 bits per heavy atom. The van der Waals surface area contributed by atoms with Crippen LogP contribution in [-0.4, -0.2) is 30.7 Å². The number of carbonyl (C=O) groups excluding carboxylic acids is 1. The first-order valence-electron chi connectivity index (χ1n) is 5.10. The molecule has 1 fully saturated rings. The molecule has 0 aromatic heterocycles. The number of likely N-dealkylation sites (N-methyl/N-ethyl adjacent to an activating group) is 1. The summed E-state index contributed by atoms with van der Waals surface area (Å²) < 4.78 is 10.5. The molecule has 1 aromatic rings. The Kier molecular flexibility index (Phi) is 1.85. The lowest BCUT2D eigenvalue weighted by molar-refractivity contribution is -0.147. The summed E-state index contributed by atoms with van der Waals surface area (Å²) in [4.78, 5) is 13.0. The number of fused-ring (bicyclic) bond motifs is 1. The first-order valence-corrected chi connectivity index (χ1v) is 5.10. The van der Waals surface area contributed by atoms with Crippen molar-refractivity contribution < 1.29 is 14.3 Å². The average Bonchev–Trinajstić information content (AvgIpc) is 2.76. The van der Waals surface area contributed by atoms with Crippen LogP contribution in [0.5, 0.6) is 11.5 Å². The van der Waals surface area contributed by atoms with Crippen molar-refractivity contribution in [2.75, 3.05) is 13.8 Å². The van der Waals surface area contributed by atoms with Gasteiger partial charge in [-0.2, -0.15) is 0 Å². The normalized spacial score (nSPS) is 26.9. The number of likely N-dealkylation sites (tertiary alicyclic amines) is 1. The second-order valence-electron chi connectivity index (χ2n) is 4.03. The molecule has 5 nitrogen and oxygen atoms in total. The highest BCUT2D eigenvalue weighted by molar-refractivity contribution is 5.89. The minimum absolute atomic E-state index is 0.0253. The fraction of sp³-hybridized carbons (Fsp3) is 0.364. The maximum Gasteiger partial charge on any atom is 0.242 e. The van der Waals surface area contributed by atoms with Crippen LogP contribution in [0.25, 0.3) is 0 Å². The lowest BCUT2D eigenvalue weighted by atomic mass is 9.90. The molecule has 0 saturated carbocycles. The van der Waals surface area contributed by atoms with Crippen LogP contribution in [0.3, 0.4) is 0 Å². The Bertz CT molecular complexity index is 449. The number of carbonyl (C=O) groups is 1. The molecule has 0 spiro atoms. The third-order valence-corrected chi connectivity index (χ3v) is 3.13. The Morgan fingerprint density at radius 1 is 1.38 bits per heavy atom. The second kappa shape index (κ2) is 3.12. The summed E-state index contributed by atoms with van der Waals surface area (Å²) in [6.07, 6.45) is 0. The highest BCUT2D eigenvalue weighted by Gasteiger charge is 2.43. The van der Waals surface area contributed by atoms with E-state index in [9.17, 15) is 4.79 Å². The van der Waals surface area contributed by atoms with Gasteiger partial charge in [0.1, 0.15) is 6.04 Å². The third kappa shape index (κ3) is 1.12. The molecule has 5 heteroatoms. The zero-order valence-electron chi connectivity index (χ0n) is 8.84. The molecule has 1 amide bonds. The first kappa shape index (κ1) is 9.47. The van der Waals surface area contributed by atoms with E-state index in [1.807, 2.05) is 18.2 Å². The fourth-order valence-corrected chi connectivity index (χ4v) is 2.19. The van der Waals surface area contributed by atoms with Crippen molar-refractivity contribution in [3.63, 3.8) is 0 Å². The Morgan fingerprint density at radius 2 is 2.12 bits per heavy atom. The minimum atomic E-state index is -0.439. The summed E-state index contributed by atoms with van der Waals surface area (Å²) in [7, 11) is 1.75. The number of nitrogens with zero attached hydrogens (tertiary/aromatic N) is 1. The zero-order valence-corrected chi connectivity index (χ0v) is 8.84. The molecule has 2 N–H and O–H groups in total. The van der Waals surface area contributed by atoms with E-state index in [4.69, 9.17) is 15.2 Å². The van der Waals surface area contributed by atoms with Crippen molar-refractivity contribution in [2.24, 2.45) is 5.73 Å². The van der Waals surface area contributed by atoms with Gasteiger partial charge in [0.25, 0.3) is 0 Å². The van der Waals surface area contributed by atoms with Crippen LogP contribution < -0.4 is 15.2 Å². The topological polar surface area (TPSA) is 64.8 Å². The summed E-state index contributed by atoms with van der Waals surface area (Å²) in [5.41, 5.74) is 6.76. The summed E-state index contributed by atoms with van der Waals surface area (Å²) in [6, 6.07) is 5.16. The van der Waals surface area contributed by atoms with E-state index >= 15 is 0 Å². The number of hydrogen-bond acceptors (Lipinski definition) is 4. The van der Waals surface area contributed by atoms with E-state index in [-0.39, 0.29) is 18.7 Å². The summed E-state index contributed by atoms with van der Waals surface area (Å²) in [5.74, 6) is 1.44. The van der Waals surface area contributed by atoms with Crippen LogP contribution in [-0.2, 0) is 4.79 Å². The molecule has 2 heterocycles. The number of ether oxygens (including phenoxy) is 2. The predicted octanol–water partition coefficient (Wildman–Crippen LogP) is 0.256. The molecule has 0 radical (unpaired) electrons. The van der Waals surface area contributed by atoms with Crippen LogP contribution in [0.15, 0.2) is 18.2 Å². The molecule has 84 valence electrons. The van der Waals surface area contributed by atoms with E-state index < -0.39 is 6.04 Å². The van der Waals surface area contributed by atoms with Gasteiger partial charge in [0.2, 0.25) is 12.7 Å². The van der Waals surface area contributed by atoms with Crippen LogP contribution in [0.1, 0.15) is 11.6 Å². The zero-order chi connectivity index (χ0) is 11.3. The summed E-state index contributed by atoms with van der Waals surface area (Å²) in [5, 5.41) is 0. The molecule has 0 aliphatic carbocycles. The van der Waals surface area contributed by atoms with Crippen molar-refractivity contribution in [1.82, 2.24) is 4.90 Å². The molecule has 2 aliphatic rings. The third-order valence-electron chi connectivity index (χ3n) is 3.13. The molecule has 16 heavy (non-hydrogen) atoms. The Hall–Kier alpha value is -1.75. The molecule has 0 unspecified atom stereocenters. The van der Waals surface area contributed by atoms with Crippen molar-refractivity contribution in [3.05, 3.63) is 23.8 Å². The largest absolute Gasteiger partial charge is 0.454 e. The molecular weight excluding hydrogens is 208 g/mol. The SMILES string of the molecule is CN1C(=O)[C@H](N)[C@H]1c1ccc2c(c1)OCO2.